The fraction of sp³-hybridized carbons (Fsp3) is 0. The van der Waals surface area contributed by atoms with Crippen LogP contribution in [0.15, 0.2) is 88.4 Å². The minimum atomic E-state index is -4.01. The largest absolute Gasteiger partial charge is 0.402 e. The molecular weight excluding hydrogens is 445 g/mol. The van der Waals surface area contributed by atoms with Crippen molar-refractivity contribution in [2.45, 2.75) is 4.90 Å². The van der Waals surface area contributed by atoms with Crippen molar-refractivity contribution in [1.82, 2.24) is 0 Å². The number of hydrogen-bond donors (Lipinski definition) is 0. The average Bonchev–Trinajstić information content (AvgIpc) is 3.10. The highest BCUT2D eigenvalue weighted by Gasteiger charge is 2.24. The maximum Gasteiger partial charge on any atom is 0.363 e. The summed E-state index contributed by atoms with van der Waals surface area (Å²) in [5.74, 6) is -0.887. The monoisotopic (exact) mass is 457 g/mol. The Bertz CT molecular complexity index is 1300. The minimum Gasteiger partial charge on any atom is -0.402 e. The van der Waals surface area contributed by atoms with E-state index in [1.54, 1.807) is 12.1 Å². The summed E-state index contributed by atoms with van der Waals surface area (Å²) < 4.78 is 48.0. The molecule has 4 rings (SSSR count). The molecule has 6 nitrogen and oxygen atoms in total. The van der Waals surface area contributed by atoms with Gasteiger partial charge in [-0.15, -0.1) is 0 Å². The highest BCUT2D eigenvalue weighted by molar-refractivity contribution is 7.87. The SMILES string of the molecule is O=C1OC(c2ccc(F)cc2)=NC1=Cc1ccc(OS(=O)(=O)c2ccc(Cl)cc2)cc1. The van der Waals surface area contributed by atoms with Crippen LogP contribution in [0.2, 0.25) is 5.02 Å². The van der Waals surface area contributed by atoms with Crippen LogP contribution in [0.3, 0.4) is 0 Å². The molecule has 1 aliphatic rings. The fourth-order valence-corrected chi connectivity index (χ4v) is 3.73. The van der Waals surface area contributed by atoms with Crippen molar-refractivity contribution in [1.29, 1.82) is 0 Å². The Hall–Kier alpha value is -3.49. The van der Waals surface area contributed by atoms with Crippen molar-refractivity contribution < 1.29 is 26.5 Å². The maximum absolute atomic E-state index is 13.1. The third-order valence-corrected chi connectivity index (χ3v) is 5.72. The van der Waals surface area contributed by atoms with E-state index in [-0.39, 0.29) is 22.2 Å². The van der Waals surface area contributed by atoms with Gasteiger partial charge in [0.05, 0.1) is 0 Å². The lowest BCUT2D eigenvalue weighted by Crippen LogP contribution is -2.09. The van der Waals surface area contributed by atoms with Crippen LogP contribution in [0.25, 0.3) is 6.08 Å². The number of ether oxygens (including phenoxy) is 1. The van der Waals surface area contributed by atoms with Gasteiger partial charge in [0.1, 0.15) is 16.5 Å². The van der Waals surface area contributed by atoms with Gasteiger partial charge in [0.25, 0.3) is 0 Å². The van der Waals surface area contributed by atoms with Gasteiger partial charge in [0.15, 0.2) is 5.70 Å². The molecule has 3 aromatic rings. The Morgan fingerprint density at radius 2 is 1.58 bits per heavy atom. The Balaban J connectivity index is 1.51. The predicted molar refractivity (Wildman–Crippen MR) is 113 cm³/mol. The van der Waals surface area contributed by atoms with E-state index in [0.717, 1.165) is 0 Å². The van der Waals surface area contributed by atoms with E-state index in [1.165, 1.54) is 66.7 Å². The molecule has 0 atom stereocenters. The van der Waals surface area contributed by atoms with Gasteiger partial charge >= 0.3 is 16.1 Å². The van der Waals surface area contributed by atoms with E-state index in [4.69, 9.17) is 20.5 Å². The molecule has 0 saturated carbocycles. The molecule has 0 spiro atoms. The Morgan fingerprint density at radius 1 is 0.935 bits per heavy atom. The molecule has 3 aromatic carbocycles. The van der Waals surface area contributed by atoms with Crippen LogP contribution < -0.4 is 4.18 Å². The molecule has 0 aliphatic carbocycles. The van der Waals surface area contributed by atoms with E-state index in [2.05, 4.69) is 4.99 Å². The molecule has 9 heteroatoms. The molecule has 1 heterocycles. The number of halogens is 2. The van der Waals surface area contributed by atoms with Crippen molar-refractivity contribution in [3.05, 3.63) is 100 Å². The van der Waals surface area contributed by atoms with Crippen LogP contribution in [0, 0.1) is 5.82 Å². The molecule has 0 fully saturated rings. The Labute approximate surface area is 182 Å². The molecule has 0 bridgehead atoms. The second kappa shape index (κ2) is 8.33. The zero-order valence-corrected chi connectivity index (χ0v) is 17.2. The maximum atomic E-state index is 13.1. The third-order valence-electron chi connectivity index (χ3n) is 4.20. The average molecular weight is 458 g/mol. The number of benzene rings is 3. The number of hydrogen-bond acceptors (Lipinski definition) is 6. The quantitative estimate of drug-likeness (QED) is 0.318. The summed E-state index contributed by atoms with van der Waals surface area (Å²) in [6.07, 6.45) is 1.48. The van der Waals surface area contributed by atoms with Gasteiger partial charge in [0, 0.05) is 10.6 Å². The number of carbonyl (C=O) groups is 1. The number of carbonyl (C=O) groups excluding carboxylic acids is 1. The summed E-state index contributed by atoms with van der Waals surface area (Å²) in [5.41, 5.74) is 1.10. The highest BCUT2D eigenvalue weighted by Crippen LogP contribution is 2.23. The van der Waals surface area contributed by atoms with Crippen LogP contribution >= 0.6 is 11.6 Å². The zero-order valence-electron chi connectivity index (χ0n) is 15.7. The molecule has 0 saturated heterocycles. The lowest BCUT2D eigenvalue weighted by molar-refractivity contribution is -0.129. The van der Waals surface area contributed by atoms with Gasteiger partial charge in [0.2, 0.25) is 5.90 Å². The second-order valence-corrected chi connectivity index (χ2v) is 8.39. The van der Waals surface area contributed by atoms with Gasteiger partial charge < -0.3 is 8.92 Å². The normalized spacial score (nSPS) is 15.0. The predicted octanol–water partition coefficient (Wildman–Crippen LogP) is 4.59. The van der Waals surface area contributed by atoms with E-state index in [9.17, 15) is 17.6 Å². The second-order valence-electron chi connectivity index (χ2n) is 6.40. The van der Waals surface area contributed by atoms with E-state index in [1.807, 2.05) is 0 Å². The lowest BCUT2D eigenvalue weighted by Gasteiger charge is -2.07. The molecule has 0 unspecified atom stereocenters. The van der Waals surface area contributed by atoms with Crippen molar-refractivity contribution in [2.24, 2.45) is 4.99 Å². The smallest absolute Gasteiger partial charge is 0.363 e. The van der Waals surface area contributed by atoms with Crippen LogP contribution in [0.1, 0.15) is 11.1 Å². The summed E-state index contributed by atoms with van der Waals surface area (Å²) in [4.78, 5) is 16.2. The number of aliphatic imine (C=N–C) groups is 1. The van der Waals surface area contributed by atoms with Gasteiger partial charge in [-0.2, -0.15) is 8.42 Å². The fourth-order valence-electron chi connectivity index (χ4n) is 2.68. The number of nitrogens with zero attached hydrogens (tertiary/aromatic N) is 1. The summed E-state index contributed by atoms with van der Waals surface area (Å²) in [5, 5.41) is 0.409. The third kappa shape index (κ3) is 4.82. The van der Waals surface area contributed by atoms with E-state index in [0.29, 0.717) is 16.1 Å². The molecule has 1 aliphatic heterocycles. The topological polar surface area (TPSA) is 82.0 Å². The highest BCUT2D eigenvalue weighted by atomic mass is 35.5. The van der Waals surface area contributed by atoms with Crippen molar-refractivity contribution in [2.75, 3.05) is 0 Å². The van der Waals surface area contributed by atoms with Crippen LogP contribution in [0.4, 0.5) is 4.39 Å². The molecule has 0 amide bonds. The minimum absolute atomic E-state index is 0.0283. The molecule has 156 valence electrons. The Kier molecular flexibility index (Phi) is 5.58. The van der Waals surface area contributed by atoms with Crippen molar-refractivity contribution >= 4 is 39.7 Å². The molecule has 0 N–H and O–H groups in total. The summed E-state index contributed by atoms with van der Waals surface area (Å²) in [6.45, 7) is 0. The standard InChI is InChI=1S/C22H13ClFNO5S/c23-16-5-11-19(12-6-16)31(27,28)30-18-9-1-14(2-10-18)13-20-22(26)29-21(25-20)15-3-7-17(24)8-4-15/h1-13H. The van der Waals surface area contributed by atoms with Gasteiger partial charge in [-0.3, -0.25) is 0 Å². The van der Waals surface area contributed by atoms with Crippen molar-refractivity contribution in [3.8, 4) is 5.75 Å². The van der Waals surface area contributed by atoms with E-state index >= 15 is 0 Å². The van der Waals surface area contributed by atoms with Gasteiger partial charge in [-0.1, -0.05) is 23.7 Å². The number of rotatable bonds is 5. The zero-order chi connectivity index (χ0) is 22.0. The number of cyclic esters (lactones) is 1. The first kappa shape index (κ1) is 20.8. The van der Waals surface area contributed by atoms with Gasteiger partial charge in [-0.05, 0) is 72.3 Å². The molecular formula is C22H13ClFNO5S. The molecule has 0 aromatic heterocycles. The first-order valence-corrected chi connectivity index (χ1v) is 10.7. The van der Waals surface area contributed by atoms with Crippen LogP contribution in [-0.2, 0) is 19.6 Å². The first-order valence-electron chi connectivity index (χ1n) is 8.89. The number of esters is 1. The summed E-state index contributed by atoms with van der Waals surface area (Å²) >= 11 is 5.77. The first-order chi connectivity index (χ1) is 14.8. The van der Waals surface area contributed by atoms with Crippen LogP contribution in [0.5, 0.6) is 5.75 Å². The van der Waals surface area contributed by atoms with Crippen molar-refractivity contribution in [3.63, 3.8) is 0 Å². The Morgan fingerprint density at radius 3 is 2.23 bits per heavy atom. The molecule has 31 heavy (non-hydrogen) atoms. The summed E-state index contributed by atoms with van der Waals surface area (Å²) in [6, 6.07) is 17.0. The molecule has 0 radical (unpaired) electrons. The van der Waals surface area contributed by atoms with Crippen LogP contribution in [-0.4, -0.2) is 20.3 Å². The van der Waals surface area contributed by atoms with E-state index < -0.39 is 21.9 Å². The lowest BCUT2D eigenvalue weighted by atomic mass is 10.2. The summed E-state index contributed by atoms with van der Waals surface area (Å²) in [7, 11) is -4.01. The van der Waals surface area contributed by atoms with Gasteiger partial charge in [-0.25, -0.2) is 14.2 Å².